The van der Waals surface area contributed by atoms with E-state index in [9.17, 15) is 4.79 Å². The molecule has 1 amide bonds. The molecule has 2 rings (SSSR count). The SMILES string of the molecule is COc1ccc(C(NC(C)C(=O)N(C(C)C)C(C)C)c2ccccc2)cc1. The fourth-order valence-electron chi connectivity index (χ4n) is 3.48. The summed E-state index contributed by atoms with van der Waals surface area (Å²) in [7, 11) is 1.66. The van der Waals surface area contributed by atoms with E-state index in [1.165, 1.54) is 0 Å². The fraction of sp³-hybridized carbons (Fsp3) is 0.435. The van der Waals surface area contributed by atoms with Gasteiger partial charge in [0.25, 0.3) is 0 Å². The van der Waals surface area contributed by atoms with E-state index in [1.807, 2.05) is 54.3 Å². The Balaban J connectivity index is 2.30. The van der Waals surface area contributed by atoms with E-state index in [0.717, 1.165) is 16.9 Å². The number of rotatable bonds is 8. The Morgan fingerprint density at radius 2 is 1.37 bits per heavy atom. The maximum absolute atomic E-state index is 13.1. The molecule has 4 nitrogen and oxygen atoms in total. The van der Waals surface area contributed by atoms with Crippen molar-refractivity contribution in [3.8, 4) is 5.75 Å². The van der Waals surface area contributed by atoms with Crippen molar-refractivity contribution >= 4 is 5.91 Å². The lowest BCUT2D eigenvalue weighted by molar-refractivity contribution is -0.136. The molecule has 0 radical (unpaired) electrons. The third kappa shape index (κ3) is 5.33. The predicted molar refractivity (Wildman–Crippen MR) is 111 cm³/mol. The summed E-state index contributed by atoms with van der Waals surface area (Å²) in [5, 5.41) is 3.54. The van der Waals surface area contributed by atoms with Gasteiger partial charge in [-0.1, -0.05) is 42.5 Å². The van der Waals surface area contributed by atoms with Crippen molar-refractivity contribution in [2.75, 3.05) is 7.11 Å². The minimum absolute atomic E-state index is 0.0720. The molecule has 0 bridgehead atoms. The van der Waals surface area contributed by atoms with Gasteiger partial charge in [0.2, 0.25) is 5.91 Å². The topological polar surface area (TPSA) is 41.6 Å². The molecule has 0 saturated carbocycles. The Bertz CT molecular complexity index is 703. The zero-order valence-corrected chi connectivity index (χ0v) is 17.3. The van der Waals surface area contributed by atoms with Gasteiger partial charge in [-0.2, -0.15) is 0 Å². The Labute approximate surface area is 163 Å². The zero-order valence-electron chi connectivity index (χ0n) is 17.3. The van der Waals surface area contributed by atoms with E-state index in [0.29, 0.717) is 0 Å². The molecular formula is C23H32N2O2. The van der Waals surface area contributed by atoms with Crippen LogP contribution >= 0.6 is 0 Å². The number of hydrogen-bond donors (Lipinski definition) is 1. The monoisotopic (exact) mass is 368 g/mol. The highest BCUT2D eigenvalue weighted by atomic mass is 16.5. The van der Waals surface area contributed by atoms with Gasteiger partial charge in [-0.25, -0.2) is 0 Å². The van der Waals surface area contributed by atoms with Gasteiger partial charge in [0, 0.05) is 12.1 Å². The molecule has 0 aliphatic carbocycles. The van der Waals surface area contributed by atoms with Gasteiger partial charge in [-0.15, -0.1) is 0 Å². The number of carbonyl (C=O) groups excluding carboxylic acids is 1. The molecule has 0 aromatic heterocycles. The van der Waals surface area contributed by atoms with Gasteiger partial charge in [-0.05, 0) is 57.9 Å². The summed E-state index contributed by atoms with van der Waals surface area (Å²) in [4.78, 5) is 15.0. The van der Waals surface area contributed by atoms with Crippen LogP contribution in [0.25, 0.3) is 0 Å². The number of nitrogens with zero attached hydrogens (tertiary/aromatic N) is 1. The maximum atomic E-state index is 13.1. The minimum atomic E-state index is -0.304. The number of ether oxygens (including phenoxy) is 1. The van der Waals surface area contributed by atoms with Gasteiger partial charge in [0.05, 0.1) is 19.2 Å². The lowest BCUT2D eigenvalue weighted by Gasteiger charge is -2.34. The van der Waals surface area contributed by atoms with Gasteiger partial charge in [0.15, 0.2) is 0 Å². The molecule has 0 fully saturated rings. The van der Waals surface area contributed by atoms with Gasteiger partial charge >= 0.3 is 0 Å². The number of hydrogen-bond acceptors (Lipinski definition) is 3. The van der Waals surface area contributed by atoms with Crippen LogP contribution < -0.4 is 10.1 Å². The van der Waals surface area contributed by atoms with Crippen molar-refractivity contribution in [2.45, 2.75) is 58.8 Å². The largest absolute Gasteiger partial charge is 0.497 e. The van der Waals surface area contributed by atoms with Crippen LogP contribution in [-0.4, -0.2) is 36.0 Å². The first kappa shape index (κ1) is 21.0. The lowest BCUT2D eigenvalue weighted by Crippen LogP contribution is -2.51. The molecule has 0 aliphatic heterocycles. The molecule has 0 heterocycles. The van der Waals surface area contributed by atoms with Crippen molar-refractivity contribution in [1.82, 2.24) is 10.2 Å². The molecule has 2 aromatic carbocycles. The van der Waals surface area contributed by atoms with Crippen molar-refractivity contribution in [2.24, 2.45) is 0 Å². The smallest absolute Gasteiger partial charge is 0.239 e. The highest BCUT2D eigenvalue weighted by molar-refractivity contribution is 5.82. The Morgan fingerprint density at radius 1 is 0.852 bits per heavy atom. The summed E-state index contributed by atoms with van der Waals surface area (Å²) in [6.45, 7) is 10.2. The van der Waals surface area contributed by atoms with E-state index < -0.39 is 0 Å². The second-order valence-electron chi connectivity index (χ2n) is 7.44. The minimum Gasteiger partial charge on any atom is -0.497 e. The van der Waals surface area contributed by atoms with Crippen LogP contribution in [0.4, 0.5) is 0 Å². The average molecular weight is 369 g/mol. The third-order valence-electron chi connectivity index (χ3n) is 4.74. The van der Waals surface area contributed by atoms with Crippen LogP contribution in [0.15, 0.2) is 54.6 Å². The average Bonchev–Trinajstić information content (AvgIpc) is 2.66. The van der Waals surface area contributed by atoms with Crippen LogP contribution in [0.3, 0.4) is 0 Å². The molecule has 2 aromatic rings. The molecule has 27 heavy (non-hydrogen) atoms. The van der Waals surface area contributed by atoms with Gasteiger partial charge < -0.3 is 9.64 Å². The molecule has 146 valence electrons. The fourth-order valence-corrected chi connectivity index (χ4v) is 3.48. The van der Waals surface area contributed by atoms with Crippen LogP contribution in [0.1, 0.15) is 51.8 Å². The van der Waals surface area contributed by atoms with E-state index in [-0.39, 0.29) is 30.1 Å². The Morgan fingerprint density at radius 3 is 1.85 bits per heavy atom. The summed E-state index contributed by atoms with van der Waals surface area (Å²) in [5.74, 6) is 0.940. The Kier molecular flexibility index (Phi) is 7.43. The van der Waals surface area contributed by atoms with Crippen LogP contribution in [-0.2, 0) is 4.79 Å². The van der Waals surface area contributed by atoms with Crippen LogP contribution in [0.5, 0.6) is 5.75 Å². The normalized spacial score (nSPS) is 13.5. The Hall–Kier alpha value is -2.33. The van der Waals surface area contributed by atoms with E-state index >= 15 is 0 Å². The van der Waals surface area contributed by atoms with Crippen molar-refractivity contribution in [3.05, 3.63) is 65.7 Å². The molecule has 4 heteroatoms. The summed E-state index contributed by atoms with van der Waals surface area (Å²) in [5.41, 5.74) is 2.23. The number of benzene rings is 2. The summed E-state index contributed by atoms with van der Waals surface area (Å²) >= 11 is 0. The van der Waals surface area contributed by atoms with Crippen LogP contribution in [0.2, 0.25) is 0 Å². The first-order chi connectivity index (χ1) is 12.8. The summed E-state index contributed by atoms with van der Waals surface area (Å²) in [6, 6.07) is 18.2. The zero-order chi connectivity index (χ0) is 20.0. The summed E-state index contributed by atoms with van der Waals surface area (Å²) < 4.78 is 5.28. The first-order valence-electron chi connectivity index (χ1n) is 9.62. The first-order valence-corrected chi connectivity index (χ1v) is 9.62. The second-order valence-corrected chi connectivity index (χ2v) is 7.44. The number of amides is 1. The van der Waals surface area contributed by atoms with Gasteiger partial charge in [0.1, 0.15) is 5.75 Å². The van der Waals surface area contributed by atoms with Crippen molar-refractivity contribution < 1.29 is 9.53 Å². The van der Waals surface area contributed by atoms with E-state index in [2.05, 4.69) is 45.1 Å². The number of methoxy groups -OCH3 is 1. The number of carbonyl (C=O) groups is 1. The summed E-state index contributed by atoms with van der Waals surface area (Å²) in [6.07, 6.45) is 0. The van der Waals surface area contributed by atoms with Crippen molar-refractivity contribution in [3.63, 3.8) is 0 Å². The molecule has 0 saturated heterocycles. The molecular weight excluding hydrogens is 336 g/mol. The molecule has 2 unspecified atom stereocenters. The highest BCUT2D eigenvalue weighted by Crippen LogP contribution is 2.25. The van der Waals surface area contributed by atoms with E-state index in [4.69, 9.17) is 4.74 Å². The highest BCUT2D eigenvalue weighted by Gasteiger charge is 2.27. The third-order valence-corrected chi connectivity index (χ3v) is 4.74. The lowest BCUT2D eigenvalue weighted by atomic mass is 9.97. The van der Waals surface area contributed by atoms with E-state index in [1.54, 1.807) is 7.11 Å². The van der Waals surface area contributed by atoms with Crippen molar-refractivity contribution in [1.29, 1.82) is 0 Å². The number of nitrogens with one attached hydrogen (secondary N) is 1. The standard InChI is InChI=1S/C23H32N2O2/c1-16(2)25(17(3)4)23(26)18(5)24-22(19-10-8-7-9-11-19)20-12-14-21(27-6)15-13-20/h7-18,22,24H,1-6H3. The molecule has 1 N–H and O–H groups in total. The second kappa shape index (κ2) is 9.56. The molecule has 2 atom stereocenters. The molecule has 0 aliphatic rings. The maximum Gasteiger partial charge on any atom is 0.239 e. The quantitative estimate of drug-likeness (QED) is 0.750. The predicted octanol–water partition coefficient (Wildman–Crippen LogP) is 4.41. The van der Waals surface area contributed by atoms with Gasteiger partial charge in [-0.3, -0.25) is 10.1 Å². The molecule has 0 spiro atoms. The van der Waals surface area contributed by atoms with Crippen LogP contribution in [0, 0.1) is 0 Å².